The molecule has 1 atom stereocenters. The predicted molar refractivity (Wildman–Crippen MR) is 117 cm³/mol. The molecule has 2 aliphatic rings. The van der Waals surface area contributed by atoms with Gasteiger partial charge in [-0.3, -0.25) is 9.59 Å². The van der Waals surface area contributed by atoms with E-state index >= 15 is 0 Å². The van der Waals surface area contributed by atoms with Gasteiger partial charge in [0.05, 0.1) is 13.2 Å². The van der Waals surface area contributed by atoms with Gasteiger partial charge in [-0.2, -0.15) is 0 Å². The summed E-state index contributed by atoms with van der Waals surface area (Å²) in [6, 6.07) is 5.19. The lowest BCUT2D eigenvalue weighted by Gasteiger charge is -2.44. The monoisotopic (exact) mass is 416 g/mol. The van der Waals surface area contributed by atoms with Crippen molar-refractivity contribution in [2.24, 2.45) is 0 Å². The molecule has 2 fully saturated rings. The summed E-state index contributed by atoms with van der Waals surface area (Å²) in [4.78, 5) is 30.4. The van der Waals surface area contributed by atoms with Crippen LogP contribution >= 0.6 is 0 Å². The van der Waals surface area contributed by atoms with E-state index in [0.29, 0.717) is 18.0 Å². The summed E-state index contributed by atoms with van der Waals surface area (Å²) in [5.41, 5.74) is 0.790. The van der Waals surface area contributed by atoms with Gasteiger partial charge in [0, 0.05) is 12.6 Å². The molecule has 1 aromatic rings. The summed E-state index contributed by atoms with van der Waals surface area (Å²) in [6.45, 7) is 6.82. The van der Waals surface area contributed by atoms with E-state index in [4.69, 9.17) is 9.47 Å². The third-order valence-corrected chi connectivity index (χ3v) is 6.09. The number of benzene rings is 1. The normalized spacial score (nSPS) is 20.8. The summed E-state index contributed by atoms with van der Waals surface area (Å²) in [5.74, 6) is 1.32. The number of methoxy groups -OCH3 is 1. The predicted octanol–water partition coefficient (Wildman–Crippen LogP) is 4.33. The van der Waals surface area contributed by atoms with Crippen LogP contribution < -0.4 is 9.47 Å². The second-order valence-electron chi connectivity index (χ2n) is 8.68. The highest BCUT2D eigenvalue weighted by Gasteiger charge is 2.42. The largest absolute Gasteiger partial charge is 0.493 e. The molecule has 1 saturated heterocycles. The second kappa shape index (κ2) is 10.2. The van der Waals surface area contributed by atoms with Crippen LogP contribution in [0.25, 0.3) is 0 Å². The first-order valence-corrected chi connectivity index (χ1v) is 11.4. The van der Waals surface area contributed by atoms with E-state index in [2.05, 4.69) is 6.92 Å². The summed E-state index contributed by atoms with van der Waals surface area (Å²) in [6.07, 6.45) is 7.32. The van der Waals surface area contributed by atoms with E-state index in [1.54, 1.807) is 12.0 Å². The molecule has 2 amide bonds. The van der Waals surface area contributed by atoms with Crippen LogP contribution in [0.15, 0.2) is 18.2 Å². The van der Waals surface area contributed by atoms with Crippen LogP contribution in [0.5, 0.6) is 11.5 Å². The molecule has 30 heavy (non-hydrogen) atoms. The average Bonchev–Trinajstić information content (AvgIpc) is 2.74. The van der Waals surface area contributed by atoms with Gasteiger partial charge in [-0.15, -0.1) is 0 Å². The van der Waals surface area contributed by atoms with Gasteiger partial charge in [0.25, 0.3) is 5.91 Å². The minimum absolute atomic E-state index is 0.0190. The number of ether oxygens (including phenoxy) is 2. The molecule has 0 unspecified atom stereocenters. The number of carbonyl (C=O) groups excluding carboxylic acids is 2. The first-order valence-electron chi connectivity index (χ1n) is 11.4. The molecule has 3 rings (SSSR count). The number of unbranched alkanes of at least 4 members (excludes halogenated alkanes) is 1. The van der Waals surface area contributed by atoms with Gasteiger partial charge >= 0.3 is 0 Å². The Kier molecular flexibility index (Phi) is 7.62. The van der Waals surface area contributed by atoms with E-state index in [9.17, 15) is 9.59 Å². The van der Waals surface area contributed by atoms with Gasteiger partial charge in [0.1, 0.15) is 12.6 Å². The van der Waals surface area contributed by atoms with Crippen molar-refractivity contribution in [3.05, 3.63) is 23.8 Å². The van der Waals surface area contributed by atoms with Crippen LogP contribution in [0.4, 0.5) is 0 Å². The first-order chi connectivity index (χ1) is 14.5. The number of carbonyl (C=O) groups is 2. The molecule has 1 aliphatic heterocycles. The van der Waals surface area contributed by atoms with E-state index in [1.165, 1.54) is 6.42 Å². The summed E-state index contributed by atoms with van der Waals surface area (Å²) in [5, 5.41) is 0. The van der Waals surface area contributed by atoms with E-state index < -0.39 is 6.04 Å². The molecule has 1 aliphatic carbocycles. The van der Waals surface area contributed by atoms with Gasteiger partial charge in [-0.1, -0.05) is 38.7 Å². The molecule has 6 nitrogen and oxygen atoms in total. The molecule has 1 saturated carbocycles. The maximum atomic E-state index is 13.7. The fourth-order valence-electron chi connectivity index (χ4n) is 4.56. The number of amides is 2. The molecule has 1 heterocycles. The Hall–Kier alpha value is -2.24. The fourth-order valence-corrected chi connectivity index (χ4v) is 4.56. The zero-order valence-corrected chi connectivity index (χ0v) is 18.9. The molecule has 166 valence electrons. The Morgan fingerprint density at radius 3 is 2.47 bits per heavy atom. The first kappa shape index (κ1) is 22.4. The summed E-state index contributed by atoms with van der Waals surface area (Å²) in [7, 11) is 1.60. The molecular weight excluding hydrogens is 380 g/mol. The fraction of sp³-hybridized carbons (Fsp3) is 0.667. The maximum Gasteiger partial charge on any atom is 0.250 e. The Bertz CT molecular complexity index is 743. The van der Waals surface area contributed by atoms with Crippen LogP contribution in [0, 0.1) is 0 Å². The third kappa shape index (κ3) is 4.90. The van der Waals surface area contributed by atoms with Crippen molar-refractivity contribution in [2.45, 2.75) is 83.9 Å². The number of rotatable bonds is 8. The van der Waals surface area contributed by atoms with Gasteiger partial charge in [0.2, 0.25) is 5.91 Å². The van der Waals surface area contributed by atoms with Crippen molar-refractivity contribution in [1.29, 1.82) is 0 Å². The highest BCUT2D eigenvalue weighted by Crippen LogP contribution is 2.37. The molecule has 0 radical (unpaired) electrons. The smallest absolute Gasteiger partial charge is 0.250 e. The molecule has 0 spiro atoms. The van der Waals surface area contributed by atoms with Crippen molar-refractivity contribution in [2.75, 3.05) is 20.2 Å². The highest BCUT2D eigenvalue weighted by atomic mass is 16.5. The lowest BCUT2D eigenvalue weighted by molar-refractivity contribution is -0.159. The zero-order chi connectivity index (χ0) is 21.7. The third-order valence-electron chi connectivity index (χ3n) is 6.09. The van der Waals surface area contributed by atoms with Crippen LogP contribution in [-0.2, 0) is 9.59 Å². The maximum absolute atomic E-state index is 13.7. The second-order valence-corrected chi connectivity index (χ2v) is 8.68. The van der Waals surface area contributed by atoms with E-state index in [-0.39, 0.29) is 30.5 Å². The van der Waals surface area contributed by atoms with Gasteiger partial charge in [0.15, 0.2) is 11.5 Å². The Morgan fingerprint density at radius 2 is 1.83 bits per heavy atom. The lowest BCUT2D eigenvalue weighted by atomic mass is 9.91. The summed E-state index contributed by atoms with van der Waals surface area (Å²) >= 11 is 0. The van der Waals surface area contributed by atoms with Gasteiger partial charge in [-0.25, -0.2) is 0 Å². The Labute approximate surface area is 180 Å². The SMILES string of the molecule is CCCCN1C(=O)CN(C2CCCCC2)C(=O)[C@H]1c1ccc(OC(C)C)c(OC)c1. The molecule has 0 bridgehead atoms. The van der Waals surface area contributed by atoms with Gasteiger partial charge in [-0.05, 0) is 50.8 Å². The minimum Gasteiger partial charge on any atom is -0.493 e. The molecule has 0 aromatic heterocycles. The quantitative estimate of drug-likeness (QED) is 0.633. The number of piperazine rings is 1. The number of hydrogen-bond acceptors (Lipinski definition) is 4. The average molecular weight is 417 g/mol. The van der Waals surface area contributed by atoms with Crippen molar-refractivity contribution in [3.63, 3.8) is 0 Å². The Morgan fingerprint density at radius 1 is 1.10 bits per heavy atom. The van der Waals surface area contributed by atoms with E-state index in [0.717, 1.165) is 44.1 Å². The standard InChI is InChI=1S/C24H36N2O4/c1-5-6-14-25-22(27)16-26(19-10-8-7-9-11-19)24(28)23(25)18-12-13-20(30-17(2)3)21(15-18)29-4/h12-13,15,17,19,23H,5-11,14,16H2,1-4H3/t23-/m1/s1. The van der Waals surface area contributed by atoms with Crippen molar-refractivity contribution < 1.29 is 19.1 Å². The van der Waals surface area contributed by atoms with Crippen molar-refractivity contribution >= 4 is 11.8 Å². The van der Waals surface area contributed by atoms with Crippen molar-refractivity contribution in [1.82, 2.24) is 9.80 Å². The highest BCUT2D eigenvalue weighted by molar-refractivity contribution is 5.96. The lowest BCUT2D eigenvalue weighted by Crippen LogP contribution is -2.58. The zero-order valence-electron chi connectivity index (χ0n) is 18.9. The topological polar surface area (TPSA) is 59.1 Å². The summed E-state index contributed by atoms with van der Waals surface area (Å²) < 4.78 is 11.4. The van der Waals surface area contributed by atoms with Crippen LogP contribution in [-0.4, -0.2) is 54.0 Å². The number of nitrogens with zero attached hydrogens (tertiary/aromatic N) is 2. The van der Waals surface area contributed by atoms with E-state index in [1.807, 2.05) is 36.9 Å². The molecule has 1 aromatic carbocycles. The van der Waals surface area contributed by atoms with Gasteiger partial charge < -0.3 is 19.3 Å². The van der Waals surface area contributed by atoms with Crippen LogP contribution in [0.2, 0.25) is 0 Å². The molecule has 0 N–H and O–H groups in total. The van der Waals surface area contributed by atoms with Crippen LogP contribution in [0.3, 0.4) is 0 Å². The Balaban J connectivity index is 1.95. The minimum atomic E-state index is -0.596. The van der Waals surface area contributed by atoms with Crippen molar-refractivity contribution in [3.8, 4) is 11.5 Å². The molecule has 6 heteroatoms. The van der Waals surface area contributed by atoms with Crippen LogP contribution in [0.1, 0.15) is 77.3 Å². The molecular formula is C24H36N2O4. The number of hydrogen-bond donors (Lipinski definition) is 0.